The van der Waals surface area contributed by atoms with E-state index in [0.717, 1.165) is 5.56 Å². The van der Waals surface area contributed by atoms with Gasteiger partial charge >= 0.3 is 6.03 Å². The molecule has 17 heavy (non-hydrogen) atoms. The van der Waals surface area contributed by atoms with E-state index in [1.165, 1.54) is 0 Å². The van der Waals surface area contributed by atoms with Gasteiger partial charge in [-0.25, -0.2) is 4.79 Å². The van der Waals surface area contributed by atoms with Gasteiger partial charge in [0.1, 0.15) is 0 Å². The van der Waals surface area contributed by atoms with Crippen molar-refractivity contribution in [3.05, 3.63) is 29.3 Å². The predicted octanol–water partition coefficient (Wildman–Crippen LogP) is -0.0247. The molecule has 0 saturated carbocycles. The van der Waals surface area contributed by atoms with Crippen LogP contribution >= 0.6 is 0 Å². The SMILES string of the molecule is Cc1cccc(C(=O)NCCNC(N)=O)c1N. The molecular weight excluding hydrogens is 220 g/mol. The molecule has 6 N–H and O–H groups in total. The number of nitrogens with one attached hydrogen (secondary N) is 2. The number of rotatable bonds is 4. The molecule has 0 aliphatic carbocycles. The Morgan fingerprint density at radius 3 is 2.53 bits per heavy atom. The van der Waals surface area contributed by atoms with E-state index in [1.54, 1.807) is 12.1 Å². The average Bonchev–Trinajstić information content (AvgIpc) is 2.27. The largest absolute Gasteiger partial charge is 0.398 e. The highest BCUT2D eigenvalue weighted by Gasteiger charge is 2.09. The molecule has 0 bridgehead atoms. The number of hydrogen-bond donors (Lipinski definition) is 4. The molecule has 1 aromatic rings. The summed E-state index contributed by atoms with van der Waals surface area (Å²) >= 11 is 0. The summed E-state index contributed by atoms with van der Waals surface area (Å²) in [5, 5.41) is 5.00. The van der Waals surface area contributed by atoms with Crippen LogP contribution in [0.1, 0.15) is 15.9 Å². The van der Waals surface area contributed by atoms with Gasteiger partial charge in [-0.2, -0.15) is 0 Å². The Morgan fingerprint density at radius 2 is 1.88 bits per heavy atom. The van der Waals surface area contributed by atoms with Crippen LogP contribution in [-0.4, -0.2) is 25.0 Å². The lowest BCUT2D eigenvalue weighted by Crippen LogP contribution is -2.37. The molecule has 0 unspecified atom stereocenters. The van der Waals surface area contributed by atoms with Crippen LogP contribution < -0.4 is 22.1 Å². The molecule has 6 nitrogen and oxygen atoms in total. The summed E-state index contributed by atoms with van der Waals surface area (Å²) in [6, 6.07) is 4.64. The van der Waals surface area contributed by atoms with Crippen molar-refractivity contribution in [2.24, 2.45) is 5.73 Å². The van der Waals surface area contributed by atoms with Crippen molar-refractivity contribution >= 4 is 17.6 Å². The van der Waals surface area contributed by atoms with Crippen LogP contribution in [0.15, 0.2) is 18.2 Å². The molecule has 0 heterocycles. The Kier molecular flexibility index (Phi) is 4.33. The number of amides is 3. The van der Waals surface area contributed by atoms with Crippen molar-refractivity contribution in [1.82, 2.24) is 10.6 Å². The molecule has 0 saturated heterocycles. The lowest BCUT2D eigenvalue weighted by atomic mass is 10.1. The van der Waals surface area contributed by atoms with Crippen molar-refractivity contribution in [3.63, 3.8) is 0 Å². The van der Waals surface area contributed by atoms with Crippen LogP contribution in [0.3, 0.4) is 0 Å². The third kappa shape index (κ3) is 3.67. The molecular formula is C11H16N4O2. The molecule has 0 aromatic heterocycles. The van der Waals surface area contributed by atoms with Gasteiger partial charge in [-0.15, -0.1) is 0 Å². The minimum Gasteiger partial charge on any atom is -0.398 e. The van der Waals surface area contributed by atoms with Gasteiger partial charge in [-0.1, -0.05) is 12.1 Å². The lowest BCUT2D eigenvalue weighted by Gasteiger charge is -2.09. The molecule has 0 aliphatic heterocycles. The Morgan fingerprint density at radius 1 is 1.24 bits per heavy atom. The highest BCUT2D eigenvalue weighted by molar-refractivity contribution is 5.99. The Hall–Kier alpha value is -2.24. The third-order valence-electron chi connectivity index (χ3n) is 2.28. The van der Waals surface area contributed by atoms with Crippen LogP contribution in [0, 0.1) is 6.92 Å². The number of urea groups is 1. The Balaban J connectivity index is 2.53. The second kappa shape index (κ2) is 5.74. The van der Waals surface area contributed by atoms with E-state index in [2.05, 4.69) is 10.6 Å². The maximum Gasteiger partial charge on any atom is 0.312 e. The molecule has 0 fully saturated rings. The summed E-state index contributed by atoms with van der Waals surface area (Å²) in [6.45, 7) is 2.42. The Bertz CT molecular complexity index is 431. The standard InChI is InChI=1S/C11H16N4O2/c1-7-3-2-4-8(9(7)12)10(16)14-5-6-15-11(13)17/h2-4H,5-6,12H2,1H3,(H,14,16)(H3,13,15,17). The Labute approximate surface area is 99.4 Å². The van der Waals surface area contributed by atoms with Gasteiger partial charge in [0, 0.05) is 18.8 Å². The summed E-state index contributed by atoms with van der Waals surface area (Å²) in [5.41, 5.74) is 12.4. The van der Waals surface area contributed by atoms with Gasteiger partial charge in [-0.3, -0.25) is 4.79 Å². The normalized spacial score (nSPS) is 9.71. The number of para-hydroxylation sites is 1. The topological polar surface area (TPSA) is 110 Å². The number of anilines is 1. The van der Waals surface area contributed by atoms with E-state index in [0.29, 0.717) is 17.8 Å². The molecule has 0 radical (unpaired) electrons. The lowest BCUT2D eigenvalue weighted by molar-refractivity contribution is 0.0954. The summed E-state index contributed by atoms with van der Waals surface area (Å²) in [6.07, 6.45) is 0. The number of aryl methyl sites for hydroxylation is 1. The first kappa shape index (κ1) is 12.8. The molecule has 0 aliphatic rings. The van der Waals surface area contributed by atoms with Crippen LogP contribution in [0.2, 0.25) is 0 Å². The fourth-order valence-electron chi connectivity index (χ4n) is 1.34. The van der Waals surface area contributed by atoms with Crippen LogP contribution in [0.25, 0.3) is 0 Å². The van der Waals surface area contributed by atoms with Gasteiger partial charge in [0.25, 0.3) is 5.91 Å². The van der Waals surface area contributed by atoms with Gasteiger partial charge in [0.2, 0.25) is 0 Å². The number of nitrogens with two attached hydrogens (primary N) is 2. The minimum atomic E-state index is -0.616. The van der Waals surface area contributed by atoms with Crippen molar-refractivity contribution in [2.45, 2.75) is 6.92 Å². The smallest absolute Gasteiger partial charge is 0.312 e. The maximum absolute atomic E-state index is 11.7. The maximum atomic E-state index is 11.7. The second-order valence-electron chi connectivity index (χ2n) is 3.58. The van der Waals surface area contributed by atoms with Gasteiger partial charge in [-0.05, 0) is 18.6 Å². The van der Waals surface area contributed by atoms with Crippen LogP contribution in [0.5, 0.6) is 0 Å². The van der Waals surface area contributed by atoms with E-state index in [9.17, 15) is 9.59 Å². The predicted molar refractivity (Wildman–Crippen MR) is 65.5 cm³/mol. The van der Waals surface area contributed by atoms with Crippen molar-refractivity contribution < 1.29 is 9.59 Å². The van der Waals surface area contributed by atoms with E-state index < -0.39 is 6.03 Å². The first-order chi connectivity index (χ1) is 8.02. The third-order valence-corrected chi connectivity index (χ3v) is 2.28. The zero-order valence-corrected chi connectivity index (χ0v) is 9.62. The molecule has 3 amide bonds. The summed E-state index contributed by atoms with van der Waals surface area (Å²) in [7, 11) is 0. The molecule has 0 spiro atoms. The van der Waals surface area contributed by atoms with Crippen molar-refractivity contribution in [2.75, 3.05) is 18.8 Å². The van der Waals surface area contributed by atoms with Gasteiger partial charge in [0.15, 0.2) is 0 Å². The first-order valence-corrected chi connectivity index (χ1v) is 5.19. The number of primary amides is 1. The summed E-state index contributed by atoms with van der Waals surface area (Å²) in [5.74, 6) is -0.266. The van der Waals surface area contributed by atoms with E-state index in [-0.39, 0.29) is 12.5 Å². The quantitative estimate of drug-likeness (QED) is 0.435. The minimum absolute atomic E-state index is 0.266. The fraction of sp³-hybridized carbons (Fsp3) is 0.273. The van der Waals surface area contributed by atoms with E-state index in [1.807, 2.05) is 13.0 Å². The summed E-state index contributed by atoms with van der Waals surface area (Å²) in [4.78, 5) is 22.1. The number of benzene rings is 1. The average molecular weight is 236 g/mol. The zero-order valence-electron chi connectivity index (χ0n) is 9.62. The number of hydrogen-bond acceptors (Lipinski definition) is 3. The van der Waals surface area contributed by atoms with Crippen LogP contribution in [-0.2, 0) is 0 Å². The van der Waals surface area contributed by atoms with Crippen molar-refractivity contribution in [1.29, 1.82) is 0 Å². The highest BCUT2D eigenvalue weighted by atomic mass is 16.2. The molecule has 1 aromatic carbocycles. The van der Waals surface area contributed by atoms with E-state index >= 15 is 0 Å². The number of carbonyl (C=O) groups is 2. The van der Waals surface area contributed by atoms with Crippen LogP contribution in [0.4, 0.5) is 10.5 Å². The molecule has 6 heteroatoms. The van der Waals surface area contributed by atoms with Crippen molar-refractivity contribution in [3.8, 4) is 0 Å². The highest BCUT2D eigenvalue weighted by Crippen LogP contribution is 2.15. The molecule has 92 valence electrons. The number of carbonyl (C=O) groups excluding carboxylic acids is 2. The monoisotopic (exact) mass is 236 g/mol. The second-order valence-corrected chi connectivity index (χ2v) is 3.58. The molecule has 0 atom stereocenters. The van der Waals surface area contributed by atoms with E-state index in [4.69, 9.17) is 11.5 Å². The zero-order chi connectivity index (χ0) is 12.8. The molecule has 1 rings (SSSR count). The number of nitrogen functional groups attached to an aromatic ring is 1. The fourth-order valence-corrected chi connectivity index (χ4v) is 1.34. The first-order valence-electron chi connectivity index (χ1n) is 5.19. The van der Waals surface area contributed by atoms with Gasteiger partial charge < -0.3 is 22.1 Å². The van der Waals surface area contributed by atoms with Gasteiger partial charge in [0.05, 0.1) is 5.56 Å². The summed E-state index contributed by atoms with van der Waals surface area (Å²) < 4.78 is 0.